The minimum absolute atomic E-state index is 0.00560. The quantitative estimate of drug-likeness (QED) is 0.385. The van der Waals surface area contributed by atoms with Crippen LogP contribution in [0.15, 0.2) is 42.6 Å². The molecule has 0 saturated heterocycles. The number of carbonyl (C=O) groups excluding carboxylic acids is 1. The summed E-state index contributed by atoms with van der Waals surface area (Å²) in [6, 6.07) is 10.6. The fourth-order valence-corrected chi connectivity index (χ4v) is 2.68. The lowest BCUT2D eigenvalue weighted by Gasteiger charge is -2.32. The lowest BCUT2D eigenvalue weighted by Crippen LogP contribution is -2.39. The second kappa shape index (κ2) is 9.18. The smallest absolute Gasteiger partial charge is 0.320 e. The second-order valence-corrected chi connectivity index (χ2v) is 7.37. The number of nitrogens with one attached hydrogen (secondary N) is 3. The maximum atomic E-state index is 12.5. The van der Waals surface area contributed by atoms with Crippen molar-refractivity contribution in [3.63, 3.8) is 0 Å². The highest BCUT2D eigenvalue weighted by atomic mass is 16.5. The maximum absolute atomic E-state index is 12.5. The van der Waals surface area contributed by atoms with Crippen LogP contribution in [0.2, 0.25) is 0 Å². The van der Waals surface area contributed by atoms with Gasteiger partial charge in [0.1, 0.15) is 12.4 Å². The number of urea groups is 1. The molecule has 0 aliphatic carbocycles. The molecule has 8 nitrogen and oxygen atoms in total. The summed E-state index contributed by atoms with van der Waals surface area (Å²) in [5, 5.41) is 22.2. The van der Waals surface area contributed by atoms with Crippen LogP contribution in [-0.4, -0.2) is 35.2 Å². The Bertz CT molecular complexity index is 818. The van der Waals surface area contributed by atoms with Crippen LogP contribution in [0.1, 0.15) is 37.9 Å². The number of nitrogen functional groups attached to an aromatic ring is 1. The Hall–Kier alpha value is -3.13. The van der Waals surface area contributed by atoms with Crippen LogP contribution in [-0.2, 0) is 4.74 Å². The van der Waals surface area contributed by atoms with Crippen LogP contribution in [0.3, 0.4) is 0 Å². The molecule has 150 valence electrons. The van der Waals surface area contributed by atoms with Gasteiger partial charge in [-0.1, -0.05) is 51.1 Å². The molecule has 0 aliphatic heterocycles. The van der Waals surface area contributed by atoms with Crippen molar-refractivity contribution in [2.24, 2.45) is 5.41 Å². The molecule has 2 rings (SSSR count). The fraction of sp³-hybridized carbons (Fsp3) is 0.350. The number of amides is 2. The molecule has 0 spiro atoms. The first kappa shape index (κ1) is 21.2. The van der Waals surface area contributed by atoms with Gasteiger partial charge in [-0.25, -0.2) is 9.78 Å². The first-order valence-corrected chi connectivity index (χ1v) is 8.93. The van der Waals surface area contributed by atoms with Crippen molar-refractivity contribution >= 4 is 23.4 Å². The van der Waals surface area contributed by atoms with Gasteiger partial charge in [-0.05, 0) is 11.0 Å². The average molecular weight is 385 g/mol. The van der Waals surface area contributed by atoms with Crippen LogP contribution in [0.5, 0.6) is 0 Å². The van der Waals surface area contributed by atoms with E-state index < -0.39 is 6.03 Å². The van der Waals surface area contributed by atoms with Crippen LogP contribution >= 0.6 is 0 Å². The van der Waals surface area contributed by atoms with Gasteiger partial charge in [0.25, 0.3) is 0 Å². The van der Waals surface area contributed by atoms with E-state index in [4.69, 9.17) is 21.0 Å². The van der Waals surface area contributed by atoms with Crippen molar-refractivity contribution in [2.75, 3.05) is 24.3 Å². The molecule has 1 heterocycles. The molecule has 28 heavy (non-hydrogen) atoms. The van der Waals surface area contributed by atoms with Crippen molar-refractivity contribution in [1.29, 1.82) is 5.41 Å². The van der Waals surface area contributed by atoms with E-state index in [1.165, 1.54) is 12.3 Å². The summed E-state index contributed by atoms with van der Waals surface area (Å²) in [5.41, 5.74) is 7.27. The van der Waals surface area contributed by atoms with Crippen molar-refractivity contribution in [3.05, 3.63) is 53.7 Å². The number of anilines is 2. The Morgan fingerprint density at radius 2 is 2.00 bits per heavy atom. The van der Waals surface area contributed by atoms with Gasteiger partial charge in [0, 0.05) is 18.0 Å². The first-order valence-electron chi connectivity index (χ1n) is 8.93. The highest BCUT2D eigenvalue weighted by Crippen LogP contribution is 2.32. The molecule has 6 N–H and O–H groups in total. The van der Waals surface area contributed by atoms with Crippen LogP contribution in [0.25, 0.3) is 0 Å². The van der Waals surface area contributed by atoms with Gasteiger partial charge in [0.2, 0.25) is 5.90 Å². The number of benzene rings is 1. The Balaban J connectivity index is 2.09. The molecule has 1 atom stereocenters. The lowest BCUT2D eigenvalue weighted by atomic mass is 9.82. The number of nitrogens with two attached hydrogens (primary N) is 1. The van der Waals surface area contributed by atoms with Gasteiger partial charge >= 0.3 is 6.03 Å². The topological polar surface area (TPSA) is 133 Å². The van der Waals surface area contributed by atoms with E-state index >= 15 is 0 Å². The SMILES string of the molecule is CC(C)(C)C(NC(=O)Nc1cc(N)c(C(=N)OCCO)cn1)c1ccccc1. The summed E-state index contributed by atoms with van der Waals surface area (Å²) in [7, 11) is 0. The molecule has 1 aromatic heterocycles. The molecule has 2 aromatic rings. The molecule has 0 saturated carbocycles. The van der Waals surface area contributed by atoms with Gasteiger partial charge in [-0.2, -0.15) is 0 Å². The van der Waals surface area contributed by atoms with Crippen LogP contribution in [0, 0.1) is 10.8 Å². The third-order valence-corrected chi connectivity index (χ3v) is 4.03. The fourth-order valence-electron chi connectivity index (χ4n) is 2.68. The molecule has 0 fully saturated rings. The number of ether oxygens (including phenoxy) is 1. The molecule has 0 radical (unpaired) electrons. The first-order chi connectivity index (χ1) is 13.2. The summed E-state index contributed by atoms with van der Waals surface area (Å²) in [4.78, 5) is 16.6. The van der Waals surface area contributed by atoms with E-state index in [-0.39, 0.29) is 47.6 Å². The molecule has 1 unspecified atom stereocenters. The predicted molar refractivity (Wildman–Crippen MR) is 109 cm³/mol. The largest absolute Gasteiger partial charge is 0.475 e. The molecule has 8 heteroatoms. The van der Waals surface area contributed by atoms with Crippen LogP contribution < -0.4 is 16.4 Å². The van der Waals surface area contributed by atoms with Crippen molar-refractivity contribution in [2.45, 2.75) is 26.8 Å². The van der Waals surface area contributed by atoms with Gasteiger partial charge in [0.15, 0.2) is 0 Å². The zero-order valence-electron chi connectivity index (χ0n) is 16.3. The van der Waals surface area contributed by atoms with Crippen molar-refractivity contribution in [3.8, 4) is 0 Å². The van der Waals surface area contributed by atoms with Crippen molar-refractivity contribution < 1.29 is 14.6 Å². The molecular formula is C20H27N5O3. The van der Waals surface area contributed by atoms with E-state index in [2.05, 4.69) is 15.6 Å². The summed E-state index contributed by atoms with van der Waals surface area (Å²) in [5.74, 6) is 0.0707. The zero-order valence-corrected chi connectivity index (χ0v) is 16.3. The van der Waals surface area contributed by atoms with Gasteiger partial charge in [-0.15, -0.1) is 0 Å². The summed E-state index contributed by atoms with van der Waals surface area (Å²) in [6.07, 6.45) is 1.35. The molecule has 0 bridgehead atoms. The Labute approximate surface area is 164 Å². The normalized spacial score (nSPS) is 12.1. The third-order valence-electron chi connectivity index (χ3n) is 4.03. The monoisotopic (exact) mass is 385 g/mol. The molecule has 0 aliphatic rings. The minimum atomic E-state index is -0.407. The summed E-state index contributed by atoms with van der Waals surface area (Å²) in [6.45, 7) is 5.94. The predicted octanol–water partition coefficient (Wildman–Crippen LogP) is 2.91. The number of hydrogen-bond acceptors (Lipinski definition) is 6. The maximum Gasteiger partial charge on any atom is 0.320 e. The number of rotatable bonds is 6. The highest BCUT2D eigenvalue weighted by Gasteiger charge is 2.27. The number of aliphatic hydroxyl groups excluding tert-OH is 1. The van der Waals surface area contributed by atoms with Gasteiger partial charge in [0.05, 0.1) is 18.2 Å². The lowest BCUT2D eigenvalue weighted by molar-refractivity contribution is 0.193. The van der Waals surface area contributed by atoms with E-state index in [0.29, 0.717) is 0 Å². The zero-order chi connectivity index (χ0) is 20.7. The Morgan fingerprint density at radius 3 is 2.57 bits per heavy atom. The third kappa shape index (κ3) is 5.68. The Morgan fingerprint density at radius 1 is 1.32 bits per heavy atom. The van der Waals surface area contributed by atoms with E-state index in [9.17, 15) is 4.79 Å². The summed E-state index contributed by atoms with van der Waals surface area (Å²) < 4.78 is 5.03. The number of aromatic nitrogens is 1. The number of nitrogens with zero attached hydrogens (tertiary/aromatic N) is 1. The molecule has 1 aromatic carbocycles. The van der Waals surface area contributed by atoms with Crippen LogP contribution in [0.4, 0.5) is 16.3 Å². The molecular weight excluding hydrogens is 358 g/mol. The number of pyridine rings is 1. The van der Waals surface area contributed by atoms with E-state index in [1.807, 2.05) is 51.1 Å². The number of hydrogen-bond donors (Lipinski definition) is 5. The molecule has 2 amide bonds. The minimum Gasteiger partial charge on any atom is -0.475 e. The number of aliphatic hydroxyl groups is 1. The standard InChI is InChI=1S/C20H27N5O3/c1-20(2,3)17(13-7-5-4-6-8-13)25-19(27)24-16-11-15(21)14(12-23-16)18(22)28-10-9-26/h4-8,11-12,17,22,26H,9-10H2,1-3H3,(H4,21,23,24,25,27). The van der Waals surface area contributed by atoms with Gasteiger partial charge < -0.3 is 20.9 Å². The summed E-state index contributed by atoms with van der Waals surface area (Å²) >= 11 is 0. The van der Waals surface area contributed by atoms with Gasteiger partial charge in [-0.3, -0.25) is 10.7 Å². The van der Waals surface area contributed by atoms with E-state index in [0.717, 1.165) is 5.56 Å². The highest BCUT2D eigenvalue weighted by molar-refractivity contribution is 5.97. The second-order valence-electron chi connectivity index (χ2n) is 7.37. The van der Waals surface area contributed by atoms with E-state index in [1.54, 1.807) is 0 Å². The number of carbonyl (C=O) groups is 1. The van der Waals surface area contributed by atoms with Crippen molar-refractivity contribution in [1.82, 2.24) is 10.3 Å². The average Bonchev–Trinajstić information content (AvgIpc) is 2.64. The Kier molecular flexibility index (Phi) is 6.94.